The maximum absolute atomic E-state index is 12.5. The molecule has 0 saturated carbocycles. The van der Waals surface area contributed by atoms with Crippen molar-refractivity contribution < 1.29 is 19.0 Å². The van der Waals surface area contributed by atoms with Crippen LogP contribution in [0.2, 0.25) is 0 Å². The van der Waals surface area contributed by atoms with Gasteiger partial charge in [-0.2, -0.15) is 0 Å². The lowest BCUT2D eigenvalue weighted by atomic mass is 10.1. The van der Waals surface area contributed by atoms with E-state index in [9.17, 15) is 4.79 Å². The molecule has 2 heterocycles. The summed E-state index contributed by atoms with van der Waals surface area (Å²) in [4.78, 5) is 15.0. The number of nitrogens with one attached hydrogen (secondary N) is 1. The van der Waals surface area contributed by atoms with Crippen LogP contribution >= 0.6 is 0 Å². The Hall–Kier alpha value is -2.57. The van der Waals surface area contributed by atoms with Gasteiger partial charge in [0.1, 0.15) is 13.2 Å². The molecule has 0 aliphatic carbocycles. The first-order chi connectivity index (χ1) is 14.6. The van der Waals surface area contributed by atoms with Gasteiger partial charge in [0.15, 0.2) is 11.5 Å². The first-order valence-corrected chi connectivity index (χ1v) is 10.7. The topological polar surface area (TPSA) is 60.0 Å². The molecule has 1 saturated heterocycles. The number of hydrogen-bond acceptors (Lipinski definition) is 5. The normalized spacial score (nSPS) is 21.3. The molecule has 0 aromatic heterocycles. The molecule has 6 nitrogen and oxygen atoms in total. The summed E-state index contributed by atoms with van der Waals surface area (Å²) in [6.07, 6.45) is 0.801. The van der Waals surface area contributed by atoms with Crippen LogP contribution in [0.3, 0.4) is 0 Å². The van der Waals surface area contributed by atoms with Crippen molar-refractivity contribution in [1.82, 2.24) is 10.2 Å². The minimum absolute atomic E-state index is 0.00454. The third-order valence-electron chi connectivity index (χ3n) is 5.45. The standard InChI is InChI=1S/C24H30N2O4/c1-17-14-26(15-18(2)30-17)16-21-6-4-3-5-20(21)13-25-24(27)12-19-7-8-22-23(11-19)29-10-9-28-22/h3-8,11,17-18H,9-10,12-16H2,1-2H3,(H,25,27)/t17-,18-/m0/s1. The highest BCUT2D eigenvalue weighted by molar-refractivity contribution is 5.78. The second-order valence-electron chi connectivity index (χ2n) is 8.15. The van der Waals surface area contributed by atoms with Crippen molar-refractivity contribution in [3.8, 4) is 11.5 Å². The average Bonchev–Trinajstić information content (AvgIpc) is 2.72. The molecular weight excluding hydrogens is 380 g/mol. The summed E-state index contributed by atoms with van der Waals surface area (Å²) in [6, 6.07) is 14.0. The van der Waals surface area contributed by atoms with E-state index in [0.717, 1.165) is 36.5 Å². The fourth-order valence-corrected chi connectivity index (χ4v) is 4.18. The second kappa shape index (κ2) is 9.49. The van der Waals surface area contributed by atoms with E-state index in [-0.39, 0.29) is 18.1 Å². The number of ether oxygens (including phenoxy) is 3. The monoisotopic (exact) mass is 410 g/mol. The van der Waals surface area contributed by atoms with Gasteiger partial charge in [0.25, 0.3) is 0 Å². The summed E-state index contributed by atoms with van der Waals surface area (Å²) in [7, 11) is 0. The van der Waals surface area contributed by atoms with Gasteiger partial charge in [0.2, 0.25) is 5.91 Å². The molecule has 2 aliphatic rings. The van der Waals surface area contributed by atoms with Crippen LogP contribution in [0.15, 0.2) is 42.5 Å². The lowest BCUT2D eigenvalue weighted by molar-refractivity contribution is -0.120. The van der Waals surface area contributed by atoms with Gasteiger partial charge < -0.3 is 19.5 Å². The molecule has 0 radical (unpaired) electrons. The van der Waals surface area contributed by atoms with Crippen LogP contribution in [-0.4, -0.2) is 49.3 Å². The van der Waals surface area contributed by atoms with Crippen molar-refractivity contribution >= 4 is 5.91 Å². The molecule has 2 aromatic carbocycles. The average molecular weight is 411 g/mol. The molecule has 0 unspecified atom stereocenters. The largest absolute Gasteiger partial charge is 0.486 e. The Balaban J connectivity index is 1.34. The number of rotatable bonds is 6. The Morgan fingerprint density at radius 2 is 1.70 bits per heavy atom. The smallest absolute Gasteiger partial charge is 0.224 e. The summed E-state index contributed by atoms with van der Waals surface area (Å²) in [5, 5.41) is 3.07. The van der Waals surface area contributed by atoms with Crippen molar-refractivity contribution in [2.45, 2.75) is 45.6 Å². The summed E-state index contributed by atoms with van der Waals surface area (Å²) in [5.41, 5.74) is 3.32. The van der Waals surface area contributed by atoms with Crippen LogP contribution in [0.1, 0.15) is 30.5 Å². The van der Waals surface area contributed by atoms with Crippen LogP contribution in [0.25, 0.3) is 0 Å². The fourth-order valence-electron chi connectivity index (χ4n) is 4.18. The zero-order chi connectivity index (χ0) is 20.9. The molecule has 2 aliphatic heterocycles. The SMILES string of the molecule is C[C@H]1CN(Cc2ccccc2CNC(=O)Cc2ccc3c(c2)OCCO3)C[C@H](C)O1. The predicted octanol–water partition coefficient (Wildman–Crippen LogP) is 2.93. The molecule has 1 fully saturated rings. The van der Waals surface area contributed by atoms with Crippen LogP contribution in [0.4, 0.5) is 0 Å². The third-order valence-corrected chi connectivity index (χ3v) is 5.45. The maximum Gasteiger partial charge on any atom is 0.224 e. The van der Waals surface area contributed by atoms with Gasteiger partial charge in [0, 0.05) is 26.2 Å². The minimum atomic E-state index is -0.00454. The lowest BCUT2D eigenvalue weighted by Gasteiger charge is -2.35. The van der Waals surface area contributed by atoms with Crippen LogP contribution < -0.4 is 14.8 Å². The molecule has 160 valence electrons. The molecule has 6 heteroatoms. The van der Waals surface area contributed by atoms with Gasteiger partial charge >= 0.3 is 0 Å². The van der Waals surface area contributed by atoms with Crippen molar-refractivity contribution in [1.29, 1.82) is 0 Å². The van der Waals surface area contributed by atoms with Crippen LogP contribution in [-0.2, 0) is 29.0 Å². The molecule has 30 heavy (non-hydrogen) atoms. The third kappa shape index (κ3) is 5.32. The van der Waals surface area contributed by atoms with E-state index in [1.54, 1.807) is 0 Å². The van der Waals surface area contributed by atoms with E-state index in [2.05, 4.69) is 42.3 Å². The predicted molar refractivity (Wildman–Crippen MR) is 115 cm³/mol. The number of carbonyl (C=O) groups is 1. The number of benzene rings is 2. The van der Waals surface area contributed by atoms with Gasteiger partial charge in [-0.15, -0.1) is 0 Å². The highest BCUT2D eigenvalue weighted by Gasteiger charge is 2.22. The molecule has 1 amide bonds. The van der Waals surface area contributed by atoms with Gasteiger partial charge in [-0.05, 0) is 42.7 Å². The molecule has 2 aromatic rings. The van der Waals surface area contributed by atoms with Crippen molar-refractivity contribution in [3.63, 3.8) is 0 Å². The first-order valence-electron chi connectivity index (χ1n) is 10.7. The van der Waals surface area contributed by atoms with Crippen molar-refractivity contribution in [2.75, 3.05) is 26.3 Å². The Kier molecular flexibility index (Phi) is 6.55. The van der Waals surface area contributed by atoms with Gasteiger partial charge in [-0.1, -0.05) is 30.3 Å². The molecule has 0 spiro atoms. The minimum Gasteiger partial charge on any atom is -0.486 e. The summed E-state index contributed by atoms with van der Waals surface area (Å²) in [5.74, 6) is 1.45. The number of fused-ring (bicyclic) bond motifs is 1. The molecule has 1 N–H and O–H groups in total. The van der Waals surface area contributed by atoms with E-state index >= 15 is 0 Å². The van der Waals surface area contributed by atoms with Crippen molar-refractivity contribution in [2.24, 2.45) is 0 Å². The second-order valence-corrected chi connectivity index (χ2v) is 8.15. The highest BCUT2D eigenvalue weighted by Crippen LogP contribution is 2.30. The molecule has 2 atom stereocenters. The van der Waals surface area contributed by atoms with E-state index in [1.165, 1.54) is 5.56 Å². The summed E-state index contributed by atoms with van der Waals surface area (Å²) in [6.45, 7) is 8.58. The number of morpholine rings is 1. The van der Waals surface area contributed by atoms with E-state index in [0.29, 0.717) is 31.9 Å². The Morgan fingerprint density at radius 1 is 1.00 bits per heavy atom. The number of nitrogens with zero attached hydrogens (tertiary/aromatic N) is 1. The Labute approximate surface area is 178 Å². The zero-order valence-corrected chi connectivity index (χ0v) is 17.7. The van der Waals surface area contributed by atoms with Crippen molar-refractivity contribution in [3.05, 3.63) is 59.2 Å². The Morgan fingerprint density at radius 3 is 2.47 bits per heavy atom. The van der Waals surface area contributed by atoms with Crippen LogP contribution in [0.5, 0.6) is 11.5 Å². The van der Waals surface area contributed by atoms with E-state index < -0.39 is 0 Å². The number of amides is 1. The Bertz CT molecular complexity index is 875. The van der Waals surface area contributed by atoms with Gasteiger partial charge in [-0.3, -0.25) is 9.69 Å². The number of carbonyl (C=O) groups excluding carboxylic acids is 1. The van der Waals surface area contributed by atoms with Gasteiger partial charge in [-0.25, -0.2) is 0 Å². The lowest BCUT2D eigenvalue weighted by Crippen LogP contribution is -2.45. The maximum atomic E-state index is 12.5. The fraction of sp³-hybridized carbons (Fsp3) is 0.458. The van der Waals surface area contributed by atoms with Gasteiger partial charge in [0.05, 0.1) is 18.6 Å². The van der Waals surface area contributed by atoms with Crippen LogP contribution in [0, 0.1) is 0 Å². The summed E-state index contributed by atoms with van der Waals surface area (Å²) >= 11 is 0. The zero-order valence-electron chi connectivity index (χ0n) is 17.7. The summed E-state index contributed by atoms with van der Waals surface area (Å²) < 4.78 is 17.0. The number of hydrogen-bond donors (Lipinski definition) is 1. The quantitative estimate of drug-likeness (QED) is 0.794. The van der Waals surface area contributed by atoms with E-state index in [1.807, 2.05) is 24.3 Å². The first kappa shape index (κ1) is 20.7. The molecule has 0 bridgehead atoms. The van der Waals surface area contributed by atoms with E-state index in [4.69, 9.17) is 14.2 Å². The molecular formula is C24H30N2O4. The molecule has 4 rings (SSSR count). The highest BCUT2D eigenvalue weighted by atomic mass is 16.6.